The third-order valence-electron chi connectivity index (χ3n) is 4.21. The molecule has 0 radical (unpaired) electrons. The lowest BCUT2D eigenvalue weighted by molar-refractivity contribution is -0.244. The third-order valence-corrected chi connectivity index (χ3v) is 4.63. The van der Waals surface area contributed by atoms with Gasteiger partial charge in [-0.15, -0.1) is 12.6 Å². The van der Waals surface area contributed by atoms with E-state index in [1.54, 1.807) is 0 Å². The van der Waals surface area contributed by atoms with E-state index in [0.717, 1.165) is 38.5 Å². The van der Waals surface area contributed by atoms with E-state index in [1.165, 1.54) is 0 Å². The summed E-state index contributed by atoms with van der Waals surface area (Å²) in [4.78, 5) is 0. The largest absolute Gasteiger partial charge is 0.394 e. The zero-order valence-corrected chi connectivity index (χ0v) is 16.4. The molecule has 0 spiro atoms. The van der Waals surface area contributed by atoms with Gasteiger partial charge in [-0.1, -0.05) is 40.0 Å². The van der Waals surface area contributed by atoms with Crippen molar-refractivity contribution in [1.29, 1.82) is 0 Å². The van der Waals surface area contributed by atoms with Crippen LogP contribution in [0.4, 0.5) is 0 Å². The number of thiol groups is 1. The average Bonchev–Trinajstić information content (AvgIpc) is 2.58. The fourth-order valence-corrected chi connectivity index (χ4v) is 3.11. The normalized spacial score (nSPS) is 30.6. The van der Waals surface area contributed by atoms with Gasteiger partial charge >= 0.3 is 0 Å². The van der Waals surface area contributed by atoms with Gasteiger partial charge in [0.15, 0.2) is 0 Å². The summed E-state index contributed by atoms with van der Waals surface area (Å²) in [5, 5.41) is 9.69. The van der Waals surface area contributed by atoms with Crippen LogP contribution >= 0.6 is 12.6 Å². The van der Waals surface area contributed by atoms with Crippen molar-refractivity contribution in [2.45, 2.75) is 89.1 Å². The molecule has 0 aliphatic carbocycles. The molecule has 1 aliphatic rings. The molecule has 0 aromatic carbocycles. The first-order valence-electron chi connectivity index (χ1n) is 9.48. The molecule has 0 amide bonds. The van der Waals surface area contributed by atoms with Crippen LogP contribution in [0.15, 0.2) is 0 Å². The molecule has 1 N–H and O–H groups in total. The molecule has 0 aromatic rings. The summed E-state index contributed by atoms with van der Waals surface area (Å²) in [6.45, 7) is 8.22. The van der Waals surface area contributed by atoms with E-state index >= 15 is 0 Å². The second-order valence-electron chi connectivity index (χ2n) is 6.31. The highest BCUT2D eigenvalue weighted by Crippen LogP contribution is 2.30. The highest BCUT2D eigenvalue weighted by Gasteiger charge is 2.46. The number of aliphatic hydroxyl groups excluding tert-OH is 1. The van der Waals surface area contributed by atoms with Crippen LogP contribution in [0.3, 0.4) is 0 Å². The van der Waals surface area contributed by atoms with Gasteiger partial charge in [-0.25, -0.2) is 0 Å². The Hall–Kier alpha value is 0.150. The molecule has 1 saturated heterocycles. The SMILES string of the molecule is CCCCOC1C(OCCCC)[C@H](S)OC(CO)[C@H]1OCCCC. The van der Waals surface area contributed by atoms with E-state index in [1.807, 2.05) is 0 Å². The van der Waals surface area contributed by atoms with Crippen molar-refractivity contribution in [3.8, 4) is 0 Å². The lowest BCUT2D eigenvalue weighted by Crippen LogP contribution is -2.60. The Bertz CT molecular complexity index is 305. The number of ether oxygens (including phenoxy) is 4. The third kappa shape index (κ3) is 7.18. The second kappa shape index (κ2) is 13.4. The summed E-state index contributed by atoms with van der Waals surface area (Å²) in [7, 11) is 0. The first-order valence-corrected chi connectivity index (χ1v) is 10.00. The van der Waals surface area contributed by atoms with Crippen molar-refractivity contribution in [2.24, 2.45) is 0 Å². The molecule has 0 saturated carbocycles. The van der Waals surface area contributed by atoms with E-state index < -0.39 is 11.5 Å². The summed E-state index contributed by atoms with van der Waals surface area (Å²) in [6, 6.07) is 0. The lowest BCUT2D eigenvalue weighted by atomic mass is 9.99. The Morgan fingerprint density at radius 1 is 0.792 bits per heavy atom. The maximum absolute atomic E-state index is 9.69. The minimum atomic E-state index is -0.429. The van der Waals surface area contributed by atoms with Gasteiger partial charge in [-0.3, -0.25) is 0 Å². The minimum absolute atomic E-state index is 0.108. The molecule has 1 heterocycles. The van der Waals surface area contributed by atoms with Crippen molar-refractivity contribution in [3.63, 3.8) is 0 Å². The van der Waals surface area contributed by atoms with Gasteiger partial charge in [0.05, 0.1) is 6.61 Å². The van der Waals surface area contributed by atoms with Crippen molar-refractivity contribution >= 4 is 12.6 Å². The summed E-state index contributed by atoms with van der Waals surface area (Å²) in [5.74, 6) is 0. The Morgan fingerprint density at radius 3 is 1.71 bits per heavy atom. The number of aliphatic hydroxyl groups is 1. The van der Waals surface area contributed by atoms with Crippen molar-refractivity contribution in [3.05, 3.63) is 0 Å². The van der Waals surface area contributed by atoms with Crippen LogP contribution in [-0.4, -0.2) is 61.4 Å². The molecule has 5 atom stereocenters. The van der Waals surface area contributed by atoms with Crippen LogP contribution in [0.1, 0.15) is 59.3 Å². The highest BCUT2D eigenvalue weighted by atomic mass is 32.1. The highest BCUT2D eigenvalue weighted by molar-refractivity contribution is 7.80. The summed E-state index contributed by atoms with van der Waals surface area (Å²) >= 11 is 4.53. The molecular weight excluding hydrogens is 328 g/mol. The molecule has 0 aromatic heterocycles. The van der Waals surface area contributed by atoms with Gasteiger partial charge in [0.25, 0.3) is 0 Å². The zero-order chi connectivity index (χ0) is 17.8. The smallest absolute Gasteiger partial charge is 0.129 e. The van der Waals surface area contributed by atoms with E-state index in [9.17, 15) is 5.11 Å². The number of rotatable bonds is 13. The standard InChI is InChI=1S/C18H36O5S/c1-4-7-10-20-15-14(13-19)23-18(24)17(22-12-9-6-3)16(15)21-11-8-5-2/h14-19,24H,4-13H2,1-3H3/t14?,15-,16?,17?,18+/m1/s1. The van der Waals surface area contributed by atoms with Gasteiger partial charge in [0, 0.05) is 19.8 Å². The van der Waals surface area contributed by atoms with E-state index in [0.29, 0.717) is 19.8 Å². The first-order chi connectivity index (χ1) is 11.7. The predicted octanol–water partition coefficient (Wildman–Crippen LogP) is 3.19. The molecule has 5 nitrogen and oxygen atoms in total. The van der Waals surface area contributed by atoms with E-state index in [2.05, 4.69) is 33.4 Å². The monoisotopic (exact) mass is 364 g/mol. The Morgan fingerprint density at radius 2 is 1.25 bits per heavy atom. The number of unbranched alkanes of at least 4 members (excludes halogenated alkanes) is 3. The van der Waals surface area contributed by atoms with Gasteiger partial charge in [0.1, 0.15) is 29.9 Å². The molecular formula is C18H36O5S. The van der Waals surface area contributed by atoms with Crippen LogP contribution in [-0.2, 0) is 18.9 Å². The number of hydrogen-bond donors (Lipinski definition) is 2. The first kappa shape index (κ1) is 22.2. The fourth-order valence-electron chi connectivity index (χ4n) is 2.70. The van der Waals surface area contributed by atoms with Crippen LogP contribution in [0.5, 0.6) is 0 Å². The minimum Gasteiger partial charge on any atom is -0.394 e. The Kier molecular flexibility index (Phi) is 12.4. The zero-order valence-electron chi connectivity index (χ0n) is 15.5. The number of hydrogen-bond acceptors (Lipinski definition) is 6. The van der Waals surface area contributed by atoms with Crippen LogP contribution < -0.4 is 0 Å². The maximum Gasteiger partial charge on any atom is 0.129 e. The van der Waals surface area contributed by atoms with Crippen molar-refractivity contribution < 1.29 is 24.1 Å². The molecule has 0 bridgehead atoms. The lowest BCUT2D eigenvalue weighted by Gasteiger charge is -2.44. The van der Waals surface area contributed by atoms with Crippen molar-refractivity contribution in [2.75, 3.05) is 26.4 Å². The van der Waals surface area contributed by atoms with Gasteiger partial charge in [-0.2, -0.15) is 0 Å². The molecule has 6 heteroatoms. The average molecular weight is 365 g/mol. The molecule has 144 valence electrons. The predicted molar refractivity (Wildman–Crippen MR) is 98.7 cm³/mol. The summed E-state index contributed by atoms with van der Waals surface area (Å²) in [6.07, 6.45) is 4.85. The molecule has 1 fully saturated rings. The summed E-state index contributed by atoms with van der Waals surface area (Å²) < 4.78 is 24.0. The second-order valence-corrected chi connectivity index (χ2v) is 6.82. The van der Waals surface area contributed by atoms with Crippen LogP contribution in [0.2, 0.25) is 0 Å². The van der Waals surface area contributed by atoms with E-state index in [4.69, 9.17) is 18.9 Å². The fraction of sp³-hybridized carbons (Fsp3) is 1.00. The van der Waals surface area contributed by atoms with Gasteiger partial charge < -0.3 is 24.1 Å². The molecule has 1 rings (SSSR count). The molecule has 1 aliphatic heterocycles. The maximum atomic E-state index is 9.69. The topological polar surface area (TPSA) is 57.2 Å². The Labute approximate surface area is 152 Å². The van der Waals surface area contributed by atoms with Crippen molar-refractivity contribution in [1.82, 2.24) is 0 Å². The van der Waals surface area contributed by atoms with E-state index in [-0.39, 0.29) is 24.9 Å². The van der Waals surface area contributed by atoms with Crippen LogP contribution in [0, 0.1) is 0 Å². The van der Waals surface area contributed by atoms with Gasteiger partial charge in [0.2, 0.25) is 0 Å². The van der Waals surface area contributed by atoms with Gasteiger partial charge in [-0.05, 0) is 19.3 Å². The van der Waals surface area contributed by atoms with Crippen LogP contribution in [0.25, 0.3) is 0 Å². The Balaban J connectivity index is 2.79. The molecule has 24 heavy (non-hydrogen) atoms. The molecule has 3 unspecified atom stereocenters. The summed E-state index contributed by atoms with van der Waals surface area (Å²) in [5.41, 5.74) is -0.420. The quantitative estimate of drug-likeness (QED) is 0.388.